The van der Waals surface area contributed by atoms with Gasteiger partial charge in [-0.2, -0.15) is 4.80 Å². The Morgan fingerprint density at radius 3 is 2.90 bits per heavy atom. The lowest BCUT2D eigenvalue weighted by atomic mass is 10.4. The highest BCUT2D eigenvalue weighted by Crippen LogP contribution is 2.07. The van der Waals surface area contributed by atoms with E-state index >= 15 is 0 Å². The third-order valence-corrected chi connectivity index (χ3v) is 1.58. The molecule has 0 saturated heterocycles. The van der Waals surface area contributed by atoms with Crippen molar-refractivity contribution in [1.82, 2.24) is 20.2 Å². The van der Waals surface area contributed by atoms with Gasteiger partial charge >= 0.3 is 0 Å². The van der Waals surface area contributed by atoms with E-state index in [4.69, 9.17) is 5.11 Å². The van der Waals surface area contributed by atoms with Crippen molar-refractivity contribution in [2.45, 2.75) is 6.10 Å². The molecule has 0 radical (unpaired) electrons. The Morgan fingerprint density at radius 2 is 2.50 bits per heavy atom. The first-order chi connectivity index (χ1) is 4.74. The summed E-state index contributed by atoms with van der Waals surface area (Å²) in [7, 11) is 1.65. The Hall–Kier alpha value is -0.490. The highest BCUT2D eigenvalue weighted by molar-refractivity contribution is 9.09. The van der Waals surface area contributed by atoms with Crippen LogP contribution in [-0.2, 0) is 7.05 Å². The van der Waals surface area contributed by atoms with Crippen molar-refractivity contribution in [3.8, 4) is 0 Å². The number of hydrogen-bond donors (Lipinski definition) is 1. The Labute approximate surface area is 66.2 Å². The quantitative estimate of drug-likeness (QED) is 0.672. The third kappa shape index (κ3) is 1.51. The van der Waals surface area contributed by atoms with Crippen LogP contribution in [-0.4, -0.2) is 30.6 Å². The van der Waals surface area contributed by atoms with E-state index in [0.717, 1.165) is 0 Å². The van der Waals surface area contributed by atoms with Crippen molar-refractivity contribution >= 4 is 15.9 Å². The Balaban J connectivity index is 2.74. The second-order valence-electron chi connectivity index (χ2n) is 1.81. The highest BCUT2D eigenvalue weighted by atomic mass is 79.9. The first kappa shape index (κ1) is 7.62. The van der Waals surface area contributed by atoms with Gasteiger partial charge in [0.25, 0.3) is 0 Å². The van der Waals surface area contributed by atoms with Crippen LogP contribution < -0.4 is 0 Å². The van der Waals surface area contributed by atoms with Crippen molar-refractivity contribution < 1.29 is 5.11 Å². The molecule has 0 aromatic carbocycles. The van der Waals surface area contributed by atoms with Crippen LogP contribution in [0.2, 0.25) is 0 Å². The van der Waals surface area contributed by atoms with Gasteiger partial charge in [0.15, 0.2) is 0 Å². The van der Waals surface area contributed by atoms with Gasteiger partial charge in [-0.15, -0.1) is 10.2 Å². The Morgan fingerprint density at radius 1 is 1.80 bits per heavy atom. The average molecular weight is 207 g/mol. The summed E-state index contributed by atoms with van der Waals surface area (Å²) in [4.78, 5) is 1.31. The lowest BCUT2D eigenvalue weighted by molar-refractivity contribution is 0.194. The fourth-order valence-electron chi connectivity index (χ4n) is 0.501. The molecule has 0 spiro atoms. The minimum absolute atomic E-state index is 0.347. The number of nitrogens with zero attached hydrogens (tertiary/aromatic N) is 4. The first-order valence-corrected chi connectivity index (χ1v) is 3.84. The second kappa shape index (κ2) is 3.07. The van der Waals surface area contributed by atoms with Gasteiger partial charge in [-0.05, 0) is 5.21 Å². The van der Waals surface area contributed by atoms with Crippen LogP contribution in [0.3, 0.4) is 0 Å². The van der Waals surface area contributed by atoms with Gasteiger partial charge in [0.05, 0.1) is 7.05 Å². The number of tetrazole rings is 1. The zero-order chi connectivity index (χ0) is 7.56. The predicted molar refractivity (Wildman–Crippen MR) is 37.6 cm³/mol. The van der Waals surface area contributed by atoms with Crippen LogP contribution in [0.15, 0.2) is 0 Å². The van der Waals surface area contributed by atoms with E-state index in [1.807, 2.05) is 0 Å². The summed E-state index contributed by atoms with van der Waals surface area (Å²) in [5, 5.41) is 20.5. The molecular formula is C4H7BrN4O. The molecule has 0 aliphatic heterocycles. The van der Waals surface area contributed by atoms with E-state index in [1.165, 1.54) is 4.80 Å². The maximum absolute atomic E-state index is 9.12. The molecule has 0 fully saturated rings. The third-order valence-electron chi connectivity index (χ3n) is 0.968. The number of aryl methyl sites for hydroxylation is 1. The number of aliphatic hydroxyl groups excluding tert-OH is 1. The molecule has 0 bridgehead atoms. The van der Waals surface area contributed by atoms with Crippen molar-refractivity contribution in [1.29, 1.82) is 0 Å². The molecular weight excluding hydrogens is 200 g/mol. The predicted octanol–water partition coefficient (Wildman–Crippen LogP) is -0.362. The lowest BCUT2D eigenvalue weighted by Crippen LogP contribution is -2.01. The molecule has 1 rings (SSSR count). The number of alkyl halides is 1. The molecule has 1 aromatic heterocycles. The number of rotatable bonds is 2. The van der Waals surface area contributed by atoms with Crippen LogP contribution in [0.1, 0.15) is 11.9 Å². The van der Waals surface area contributed by atoms with E-state index in [0.29, 0.717) is 11.2 Å². The minimum atomic E-state index is -0.659. The van der Waals surface area contributed by atoms with Crippen LogP contribution in [0, 0.1) is 0 Å². The molecule has 1 heterocycles. The number of aromatic nitrogens is 4. The minimum Gasteiger partial charge on any atom is -0.384 e. The summed E-state index contributed by atoms with van der Waals surface area (Å²) in [5.41, 5.74) is 0. The monoisotopic (exact) mass is 206 g/mol. The van der Waals surface area contributed by atoms with Gasteiger partial charge in [0.1, 0.15) is 6.10 Å². The van der Waals surface area contributed by atoms with Crippen molar-refractivity contribution in [3.05, 3.63) is 5.82 Å². The van der Waals surface area contributed by atoms with Crippen LogP contribution in [0.25, 0.3) is 0 Å². The summed E-state index contributed by atoms with van der Waals surface area (Å²) in [5.74, 6) is 0.347. The van der Waals surface area contributed by atoms with E-state index in [2.05, 4.69) is 31.3 Å². The fourth-order valence-corrected chi connectivity index (χ4v) is 0.791. The Kier molecular flexibility index (Phi) is 2.34. The maximum atomic E-state index is 9.12. The molecule has 6 heteroatoms. The molecule has 0 saturated carbocycles. The molecule has 1 N–H and O–H groups in total. The zero-order valence-electron chi connectivity index (χ0n) is 5.40. The number of halogens is 1. The molecule has 1 atom stereocenters. The molecule has 10 heavy (non-hydrogen) atoms. The molecule has 1 aromatic rings. The molecule has 56 valence electrons. The van der Waals surface area contributed by atoms with Crippen molar-refractivity contribution in [3.63, 3.8) is 0 Å². The van der Waals surface area contributed by atoms with Gasteiger partial charge < -0.3 is 5.11 Å². The number of hydrogen-bond acceptors (Lipinski definition) is 4. The topological polar surface area (TPSA) is 63.8 Å². The largest absolute Gasteiger partial charge is 0.384 e. The summed E-state index contributed by atoms with van der Waals surface area (Å²) >= 11 is 3.09. The molecule has 0 aliphatic carbocycles. The van der Waals surface area contributed by atoms with Crippen LogP contribution in [0.5, 0.6) is 0 Å². The summed E-state index contributed by atoms with van der Waals surface area (Å²) in [6.07, 6.45) is -0.659. The standard InChI is InChI=1S/C4H7BrN4O/c1-9-7-4(6-8-9)3(10)2-5/h3,10H,2H2,1H3/t3-/m1/s1. The van der Waals surface area contributed by atoms with E-state index in [9.17, 15) is 0 Å². The normalized spacial score (nSPS) is 13.5. The van der Waals surface area contributed by atoms with E-state index in [1.54, 1.807) is 7.05 Å². The number of aliphatic hydroxyl groups is 1. The smallest absolute Gasteiger partial charge is 0.204 e. The summed E-state index contributed by atoms with van der Waals surface area (Å²) in [6.45, 7) is 0. The zero-order valence-corrected chi connectivity index (χ0v) is 6.98. The van der Waals surface area contributed by atoms with Crippen LogP contribution in [0.4, 0.5) is 0 Å². The van der Waals surface area contributed by atoms with Gasteiger partial charge in [0, 0.05) is 5.33 Å². The Bertz CT molecular complexity index is 213. The summed E-state index contributed by atoms with van der Waals surface area (Å²) < 4.78 is 0. The van der Waals surface area contributed by atoms with Crippen molar-refractivity contribution in [2.75, 3.05) is 5.33 Å². The fraction of sp³-hybridized carbons (Fsp3) is 0.750. The second-order valence-corrected chi connectivity index (χ2v) is 2.45. The highest BCUT2D eigenvalue weighted by Gasteiger charge is 2.10. The average Bonchev–Trinajstić information content (AvgIpc) is 2.34. The van der Waals surface area contributed by atoms with Crippen molar-refractivity contribution in [2.24, 2.45) is 7.05 Å². The molecule has 0 unspecified atom stereocenters. The summed E-state index contributed by atoms with van der Waals surface area (Å²) in [6, 6.07) is 0. The molecule has 5 nitrogen and oxygen atoms in total. The maximum Gasteiger partial charge on any atom is 0.204 e. The van der Waals surface area contributed by atoms with Gasteiger partial charge in [-0.3, -0.25) is 0 Å². The SMILES string of the molecule is Cn1nnc([C@H](O)CBr)n1. The molecule has 0 amide bonds. The van der Waals surface area contributed by atoms with Crippen LogP contribution >= 0.6 is 15.9 Å². The lowest BCUT2D eigenvalue weighted by Gasteiger charge is -1.96. The van der Waals surface area contributed by atoms with E-state index < -0.39 is 6.10 Å². The first-order valence-electron chi connectivity index (χ1n) is 2.72. The van der Waals surface area contributed by atoms with Gasteiger partial charge in [0.2, 0.25) is 5.82 Å². The van der Waals surface area contributed by atoms with Gasteiger partial charge in [-0.25, -0.2) is 0 Å². The van der Waals surface area contributed by atoms with Gasteiger partial charge in [-0.1, -0.05) is 15.9 Å². The van der Waals surface area contributed by atoms with E-state index in [-0.39, 0.29) is 0 Å². The molecule has 0 aliphatic rings.